The Balaban J connectivity index is 2.47. The molecule has 0 aliphatic heterocycles. The van der Waals surface area contributed by atoms with E-state index in [4.69, 9.17) is 0 Å². The van der Waals surface area contributed by atoms with Crippen LogP contribution < -0.4 is 0 Å². The number of aliphatic hydroxyl groups is 1. The summed E-state index contributed by atoms with van der Waals surface area (Å²) < 4.78 is 0. The maximum atomic E-state index is 10.3. The van der Waals surface area contributed by atoms with Gasteiger partial charge < -0.3 is 5.11 Å². The zero-order valence-electron chi connectivity index (χ0n) is 8.83. The maximum absolute atomic E-state index is 10.3. The molecule has 76 valence electrons. The van der Waals surface area contributed by atoms with Gasteiger partial charge in [0.2, 0.25) is 0 Å². The molecule has 0 saturated carbocycles. The highest BCUT2D eigenvalue weighted by Gasteiger charge is 2.29. The molecular formula is C14H14O. The Morgan fingerprint density at radius 2 is 1.87 bits per heavy atom. The summed E-state index contributed by atoms with van der Waals surface area (Å²) in [4.78, 5) is 0. The molecule has 3 rings (SSSR count). The molecule has 1 heteroatoms. The molecule has 0 bridgehead atoms. The molecule has 0 fully saturated rings. The number of hydrogen-bond donors (Lipinski definition) is 1. The number of benzene rings is 2. The zero-order chi connectivity index (χ0) is 10.5. The van der Waals surface area contributed by atoms with Crippen molar-refractivity contribution in [3.63, 3.8) is 0 Å². The average Bonchev–Trinajstić information content (AvgIpc) is 2.24. The molecule has 0 heterocycles. The van der Waals surface area contributed by atoms with Crippen LogP contribution in [0.25, 0.3) is 10.8 Å². The molecule has 2 aromatic carbocycles. The largest absolute Gasteiger partial charge is 0.385 e. The molecule has 1 aliphatic rings. The van der Waals surface area contributed by atoms with Crippen LogP contribution in [0.4, 0.5) is 0 Å². The minimum atomic E-state index is -0.659. The minimum absolute atomic E-state index is 0.659. The van der Waals surface area contributed by atoms with Crippen molar-refractivity contribution in [2.75, 3.05) is 0 Å². The SMILES string of the molecule is CC1(O)CCc2cccc3cccc1c23. The summed E-state index contributed by atoms with van der Waals surface area (Å²) in [6.07, 6.45) is 1.80. The first-order valence-electron chi connectivity index (χ1n) is 5.42. The first-order chi connectivity index (χ1) is 7.18. The van der Waals surface area contributed by atoms with Crippen molar-refractivity contribution in [1.29, 1.82) is 0 Å². The van der Waals surface area contributed by atoms with Crippen molar-refractivity contribution in [1.82, 2.24) is 0 Å². The zero-order valence-corrected chi connectivity index (χ0v) is 8.83. The van der Waals surface area contributed by atoms with E-state index < -0.39 is 5.60 Å². The van der Waals surface area contributed by atoms with Crippen LogP contribution in [0.15, 0.2) is 36.4 Å². The number of aryl methyl sites for hydroxylation is 1. The lowest BCUT2D eigenvalue weighted by molar-refractivity contribution is 0.0471. The molecule has 0 spiro atoms. The van der Waals surface area contributed by atoms with E-state index in [1.807, 2.05) is 19.1 Å². The summed E-state index contributed by atoms with van der Waals surface area (Å²) in [6.45, 7) is 1.91. The number of hydrogen-bond acceptors (Lipinski definition) is 1. The lowest BCUT2D eigenvalue weighted by atomic mass is 9.79. The fourth-order valence-electron chi connectivity index (χ4n) is 2.59. The van der Waals surface area contributed by atoms with Crippen molar-refractivity contribution in [2.45, 2.75) is 25.4 Å². The molecule has 0 radical (unpaired) electrons. The second kappa shape index (κ2) is 2.83. The summed E-state index contributed by atoms with van der Waals surface area (Å²) in [5, 5.41) is 12.8. The highest BCUT2D eigenvalue weighted by Crippen LogP contribution is 2.38. The van der Waals surface area contributed by atoms with Gasteiger partial charge in [0.05, 0.1) is 5.60 Å². The van der Waals surface area contributed by atoms with Crippen LogP contribution in [0.1, 0.15) is 24.5 Å². The van der Waals surface area contributed by atoms with Gasteiger partial charge in [-0.05, 0) is 41.7 Å². The highest BCUT2D eigenvalue weighted by atomic mass is 16.3. The molecule has 1 aliphatic carbocycles. The third-order valence-corrected chi connectivity index (χ3v) is 3.45. The molecule has 2 aromatic rings. The smallest absolute Gasteiger partial charge is 0.0877 e. The van der Waals surface area contributed by atoms with Crippen molar-refractivity contribution < 1.29 is 5.11 Å². The van der Waals surface area contributed by atoms with E-state index in [9.17, 15) is 5.11 Å². The van der Waals surface area contributed by atoms with E-state index in [1.165, 1.54) is 16.3 Å². The molecule has 1 nitrogen and oxygen atoms in total. The second-order valence-electron chi connectivity index (χ2n) is 4.59. The van der Waals surface area contributed by atoms with Gasteiger partial charge in [-0.3, -0.25) is 0 Å². The molecule has 15 heavy (non-hydrogen) atoms. The third kappa shape index (κ3) is 1.20. The Labute approximate surface area is 89.4 Å². The highest BCUT2D eigenvalue weighted by molar-refractivity contribution is 5.90. The normalized spacial score (nSPS) is 24.4. The van der Waals surface area contributed by atoms with E-state index >= 15 is 0 Å². The molecule has 0 saturated heterocycles. The van der Waals surface area contributed by atoms with Gasteiger partial charge in [0.25, 0.3) is 0 Å². The van der Waals surface area contributed by atoms with E-state index in [-0.39, 0.29) is 0 Å². The second-order valence-corrected chi connectivity index (χ2v) is 4.59. The van der Waals surface area contributed by atoms with Crippen LogP contribution >= 0.6 is 0 Å². The van der Waals surface area contributed by atoms with Gasteiger partial charge in [-0.15, -0.1) is 0 Å². The Morgan fingerprint density at radius 1 is 1.13 bits per heavy atom. The average molecular weight is 198 g/mol. The van der Waals surface area contributed by atoms with Crippen LogP contribution in [0.2, 0.25) is 0 Å². The lowest BCUT2D eigenvalue weighted by Gasteiger charge is -2.30. The van der Waals surface area contributed by atoms with Crippen molar-refractivity contribution in [3.8, 4) is 0 Å². The van der Waals surface area contributed by atoms with Crippen LogP contribution in [-0.4, -0.2) is 5.11 Å². The van der Waals surface area contributed by atoms with Gasteiger partial charge in [-0.2, -0.15) is 0 Å². The van der Waals surface area contributed by atoms with Gasteiger partial charge >= 0.3 is 0 Å². The maximum Gasteiger partial charge on any atom is 0.0877 e. The van der Waals surface area contributed by atoms with E-state index in [1.54, 1.807) is 0 Å². The molecule has 1 N–H and O–H groups in total. The summed E-state index contributed by atoms with van der Waals surface area (Å²) in [7, 11) is 0. The number of rotatable bonds is 0. The lowest BCUT2D eigenvalue weighted by Crippen LogP contribution is -2.25. The van der Waals surface area contributed by atoms with Crippen LogP contribution in [-0.2, 0) is 12.0 Å². The quantitative estimate of drug-likeness (QED) is 0.690. The van der Waals surface area contributed by atoms with Crippen molar-refractivity contribution in [3.05, 3.63) is 47.5 Å². The molecule has 0 aromatic heterocycles. The van der Waals surface area contributed by atoms with Crippen LogP contribution in [0.3, 0.4) is 0 Å². The van der Waals surface area contributed by atoms with Crippen LogP contribution in [0.5, 0.6) is 0 Å². The first kappa shape index (κ1) is 8.93. The Hall–Kier alpha value is -1.34. The molecular weight excluding hydrogens is 184 g/mol. The van der Waals surface area contributed by atoms with E-state index in [0.29, 0.717) is 0 Å². The van der Waals surface area contributed by atoms with Gasteiger partial charge in [0.1, 0.15) is 0 Å². The summed E-state index contributed by atoms with van der Waals surface area (Å²) in [6, 6.07) is 12.6. The Morgan fingerprint density at radius 3 is 2.67 bits per heavy atom. The molecule has 1 atom stereocenters. The van der Waals surface area contributed by atoms with Crippen LogP contribution in [0, 0.1) is 0 Å². The fourth-order valence-corrected chi connectivity index (χ4v) is 2.59. The molecule has 0 amide bonds. The topological polar surface area (TPSA) is 20.2 Å². The van der Waals surface area contributed by atoms with Gasteiger partial charge in [0, 0.05) is 0 Å². The van der Waals surface area contributed by atoms with Crippen molar-refractivity contribution >= 4 is 10.8 Å². The van der Waals surface area contributed by atoms with Gasteiger partial charge in [-0.1, -0.05) is 36.4 Å². The van der Waals surface area contributed by atoms with Crippen molar-refractivity contribution in [2.24, 2.45) is 0 Å². The summed E-state index contributed by atoms with van der Waals surface area (Å²) >= 11 is 0. The predicted molar refractivity (Wildman–Crippen MR) is 61.8 cm³/mol. The minimum Gasteiger partial charge on any atom is -0.385 e. The summed E-state index contributed by atoms with van der Waals surface area (Å²) in [5.41, 5.74) is 1.80. The fraction of sp³-hybridized carbons (Fsp3) is 0.286. The Bertz CT molecular complexity index is 521. The Kier molecular flexibility index (Phi) is 1.68. The third-order valence-electron chi connectivity index (χ3n) is 3.45. The standard InChI is InChI=1S/C14H14O/c1-14(15)9-8-11-5-2-4-10-6-3-7-12(14)13(10)11/h2-7,15H,8-9H2,1H3. The van der Waals surface area contributed by atoms with Gasteiger partial charge in [-0.25, -0.2) is 0 Å². The first-order valence-corrected chi connectivity index (χ1v) is 5.42. The summed E-state index contributed by atoms with van der Waals surface area (Å²) in [5.74, 6) is 0. The molecule has 1 unspecified atom stereocenters. The van der Waals surface area contributed by atoms with Gasteiger partial charge in [0.15, 0.2) is 0 Å². The van der Waals surface area contributed by atoms with E-state index in [0.717, 1.165) is 18.4 Å². The monoisotopic (exact) mass is 198 g/mol. The van der Waals surface area contributed by atoms with E-state index in [2.05, 4.69) is 24.3 Å². The predicted octanol–water partition coefficient (Wildman–Crippen LogP) is 2.99.